The van der Waals surface area contributed by atoms with E-state index >= 15 is 0 Å². The van der Waals surface area contributed by atoms with Gasteiger partial charge in [0.2, 0.25) is 10.0 Å². The van der Waals surface area contributed by atoms with Crippen LogP contribution in [0.1, 0.15) is 36.9 Å². The van der Waals surface area contributed by atoms with Crippen LogP contribution in [0.2, 0.25) is 0 Å². The second kappa shape index (κ2) is 5.75. The number of hydrogen-bond acceptors (Lipinski definition) is 4. The number of nitrogens with one attached hydrogen (secondary N) is 1. The number of rotatable bonds is 4. The van der Waals surface area contributed by atoms with Gasteiger partial charge < -0.3 is 0 Å². The molecule has 0 radical (unpaired) electrons. The van der Waals surface area contributed by atoms with Crippen molar-refractivity contribution in [2.24, 2.45) is 0 Å². The number of nitrogens with zero attached hydrogens (tertiary/aromatic N) is 1. The van der Waals surface area contributed by atoms with E-state index in [1.807, 2.05) is 11.3 Å². The van der Waals surface area contributed by atoms with Gasteiger partial charge in [0.25, 0.3) is 0 Å². The third kappa shape index (κ3) is 4.55. The molecule has 20 heavy (non-hydrogen) atoms. The van der Waals surface area contributed by atoms with Crippen molar-refractivity contribution >= 4 is 21.4 Å². The third-order valence-electron chi connectivity index (χ3n) is 3.43. The Morgan fingerprint density at radius 1 is 1.40 bits per heavy atom. The molecule has 1 aliphatic heterocycles. The van der Waals surface area contributed by atoms with Gasteiger partial charge in [-0.15, -0.1) is 11.3 Å². The van der Waals surface area contributed by atoms with E-state index in [1.165, 1.54) is 16.0 Å². The average Bonchev–Trinajstić information content (AvgIpc) is 2.85. The summed E-state index contributed by atoms with van der Waals surface area (Å²) in [6.45, 7) is 9.36. The van der Waals surface area contributed by atoms with Crippen LogP contribution >= 0.6 is 11.3 Å². The summed E-state index contributed by atoms with van der Waals surface area (Å²) < 4.78 is 25.2. The van der Waals surface area contributed by atoms with Gasteiger partial charge in [-0.05, 0) is 24.0 Å². The van der Waals surface area contributed by atoms with E-state index in [0.717, 1.165) is 26.1 Å². The SMILES string of the molecule is CC(C)(C)c1ccc(CN2CC[C@@H](NS(C)(=O)=O)C2)s1. The predicted octanol–water partition coefficient (Wildman–Crippen LogP) is 2.17. The van der Waals surface area contributed by atoms with E-state index in [-0.39, 0.29) is 11.5 Å². The minimum Gasteiger partial charge on any atom is -0.297 e. The van der Waals surface area contributed by atoms with Gasteiger partial charge in [0.1, 0.15) is 0 Å². The van der Waals surface area contributed by atoms with Crippen molar-refractivity contribution in [3.8, 4) is 0 Å². The summed E-state index contributed by atoms with van der Waals surface area (Å²) in [6.07, 6.45) is 2.12. The van der Waals surface area contributed by atoms with Gasteiger partial charge in [-0.1, -0.05) is 20.8 Å². The molecule has 0 bridgehead atoms. The first-order valence-electron chi connectivity index (χ1n) is 6.92. The standard InChI is InChI=1S/C14H24N2O2S2/c1-14(2,3)13-6-5-12(19-13)10-16-8-7-11(9-16)15-20(4,17)18/h5-6,11,15H,7-10H2,1-4H3/t11-/m1/s1. The molecule has 0 amide bonds. The van der Waals surface area contributed by atoms with Gasteiger partial charge in [-0.2, -0.15) is 0 Å². The molecule has 114 valence electrons. The molecule has 4 nitrogen and oxygen atoms in total. The highest BCUT2D eigenvalue weighted by molar-refractivity contribution is 7.88. The molecule has 1 N–H and O–H groups in total. The fourth-order valence-electron chi connectivity index (χ4n) is 2.46. The fraction of sp³-hybridized carbons (Fsp3) is 0.714. The zero-order valence-electron chi connectivity index (χ0n) is 12.6. The second-order valence-electron chi connectivity index (χ2n) is 6.63. The molecular formula is C14H24N2O2S2. The lowest BCUT2D eigenvalue weighted by Crippen LogP contribution is -2.36. The van der Waals surface area contributed by atoms with Crippen LogP contribution in [0.15, 0.2) is 12.1 Å². The van der Waals surface area contributed by atoms with E-state index in [4.69, 9.17) is 0 Å². The zero-order chi connectivity index (χ0) is 15.0. The molecule has 0 aliphatic carbocycles. The molecule has 1 aromatic rings. The van der Waals surface area contributed by atoms with Crippen molar-refractivity contribution in [3.63, 3.8) is 0 Å². The first kappa shape index (κ1) is 15.9. The van der Waals surface area contributed by atoms with Crippen LogP contribution in [0, 0.1) is 0 Å². The normalized spacial score (nSPS) is 21.5. The first-order chi connectivity index (χ1) is 9.13. The topological polar surface area (TPSA) is 49.4 Å². The molecule has 0 saturated carbocycles. The highest BCUT2D eigenvalue weighted by Gasteiger charge is 2.25. The Morgan fingerprint density at radius 2 is 2.10 bits per heavy atom. The minimum atomic E-state index is -3.09. The second-order valence-corrected chi connectivity index (χ2v) is 9.58. The van der Waals surface area contributed by atoms with E-state index in [9.17, 15) is 8.42 Å². The maximum absolute atomic E-state index is 11.2. The molecule has 1 aromatic heterocycles. The minimum absolute atomic E-state index is 0.0621. The fourth-order valence-corrected chi connectivity index (χ4v) is 4.37. The Bertz CT molecular complexity index is 558. The summed E-state index contributed by atoms with van der Waals surface area (Å²) >= 11 is 1.86. The van der Waals surface area contributed by atoms with Crippen LogP contribution in [0.5, 0.6) is 0 Å². The average molecular weight is 316 g/mol. The molecule has 1 fully saturated rings. The summed E-state index contributed by atoms with van der Waals surface area (Å²) in [5, 5.41) is 0. The van der Waals surface area contributed by atoms with Crippen molar-refractivity contribution in [2.75, 3.05) is 19.3 Å². The Kier molecular flexibility index (Phi) is 4.59. The number of likely N-dealkylation sites (tertiary alicyclic amines) is 1. The van der Waals surface area contributed by atoms with Gasteiger partial charge >= 0.3 is 0 Å². The molecule has 1 atom stereocenters. The lowest BCUT2D eigenvalue weighted by molar-refractivity contribution is 0.327. The quantitative estimate of drug-likeness (QED) is 0.926. The molecule has 6 heteroatoms. The summed E-state index contributed by atoms with van der Waals surface area (Å²) in [6, 6.07) is 4.47. The Balaban J connectivity index is 1.91. The molecule has 0 unspecified atom stereocenters. The van der Waals surface area contributed by atoms with Crippen molar-refractivity contribution < 1.29 is 8.42 Å². The molecule has 2 rings (SSSR count). The summed E-state index contributed by atoms with van der Waals surface area (Å²) in [7, 11) is -3.09. The van der Waals surface area contributed by atoms with Gasteiger partial charge in [-0.3, -0.25) is 4.90 Å². The predicted molar refractivity (Wildman–Crippen MR) is 84.7 cm³/mol. The summed E-state index contributed by atoms with van der Waals surface area (Å²) in [5.74, 6) is 0. The van der Waals surface area contributed by atoms with E-state index < -0.39 is 10.0 Å². The van der Waals surface area contributed by atoms with Crippen molar-refractivity contribution in [1.82, 2.24) is 9.62 Å². The van der Waals surface area contributed by atoms with Gasteiger partial charge in [0.05, 0.1) is 6.26 Å². The molecule has 1 aliphatic rings. The van der Waals surface area contributed by atoms with Crippen LogP contribution in [0.25, 0.3) is 0 Å². The third-order valence-corrected chi connectivity index (χ3v) is 5.69. The smallest absolute Gasteiger partial charge is 0.208 e. The first-order valence-corrected chi connectivity index (χ1v) is 9.63. The largest absolute Gasteiger partial charge is 0.297 e. The number of thiophene rings is 1. The summed E-state index contributed by atoms with van der Waals surface area (Å²) in [5.41, 5.74) is 0.203. The van der Waals surface area contributed by atoms with Gasteiger partial charge in [0, 0.05) is 35.4 Å². The van der Waals surface area contributed by atoms with Crippen LogP contribution in [0.3, 0.4) is 0 Å². The molecule has 2 heterocycles. The Morgan fingerprint density at radius 3 is 2.65 bits per heavy atom. The molecule has 1 saturated heterocycles. The lowest BCUT2D eigenvalue weighted by Gasteiger charge is -2.17. The van der Waals surface area contributed by atoms with Crippen molar-refractivity contribution in [1.29, 1.82) is 0 Å². The zero-order valence-corrected chi connectivity index (χ0v) is 14.3. The van der Waals surface area contributed by atoms with Crippen LogP contribution < -0.4 is 4.72 Å². The maximum Gasteiger partial charge on any atom is 0.208 e. The van der Waals surface area contributed by atoms with Crippen molar-refractivity contribution in [2.45, 2.75) is 45.2 Å². The number of hydrogen-bond donors (Lipinski definition) is 1. The Labute approximate surface area is 126 Å². The van der Waals surface area contributed by atoms with Gasteiger partial charge in [-0.25, -0.2) is 13.1 Å². The highest BCUT2D eigenvalue weighted by atomic mass is 32.2. The summed E-state index contributed by atoms with van der Waals surface area (Å²) in [4.78, 5) is 5.08. The molecule has 0 aromatic carbocycles. The highest BCUT2D eigenvalue weighted by Crippen LogP contribution is 2.30. The van der Waals surface area contributed by atoms with Crippen LogP contribution in [0.4, 0.5) is 0 Å². The van der Waals surface area contributed by atoms with Crippen molar-refractivity contribution in [3.05, 3.63) is 21.9 Å². The van der Waals surface area contributed by atoms with E-state index in [2.05, 4.69) is 42.5 Å². The Hall–Kier alpha value is -0.430. The van der Waals surface area contributed by atoms with Gasteiger partial charge in [0.15, 0.2) is 0 Å². The van der Waals surface area contributed by atoms with E-state index in [1.54, 1.807) is 0 Å². The number of sulfonamides is 1. The van der Waals surface area contributed by atoms with Crippen LogP contribution in [-0.4, -0.2) is 38.7 Å². The lowest BCUT2D eigenvalue weighted by atomic mass is 9.95. The molecular weight excluding hydrogens is 292 g/mol. The maximum atomic E-state index is 11.2. The van der Waals surface area contributed by atoms with E-state index in [0.29, 0.717) is 0 Å². The molecule has 0 spiro atoms. The van der Waals surface area contributed by atoms with Crippen LogP contribution in [-0.2, 0) is 22.0 Å². The monoisotopic (exact) mass is 316 g/mol.